The lowest BCUT2D eigenvalue weighted by atomic mass is 10.00. The zero-order valence-corrected chi connectivity index (χ0v) is 21.0. The minimum Gasteiger partial charge on any atom is -0.494 e. The summed E-state index contributed by atoms with van der Waals surface area (Å²) in [6.07, 6.45) is 0.763. The van der Waals surface area contributed by atoms with Crippen LogP contribution in [0.15, 0.2) is 59.6 Å². The van der Waals surface area contributed by atoms with Gasteiger partial charge in [0.25, 0.3) is 0 Å². The normalized spacial score (nSPS) is 11.9. The Bertz CT molecular complexity index is 1490. The molecular weight excluding hydrogens is 500 g/mol. The summed E-state index contributed by atoms with van der Waals surface area (Å²) in [7, 11) is 3.90. The maximum Gasteiger partial charge on any atom is 0.223 e. The number of benzene rings is 3. The summed E-state index contributed by atoms with van der Waals surface area (Å²) in [4.78, 5) is 23.0. The van der Waals surface area contributed by atoms with Crippen LogP contribution >= 0.6 is 0 Å². The molecule has 38 heavy (non-hydrogen) atoms. The SMILES string of the molecule is CC(=O)N(CCCN(C)C)c1ccc(N=C(c2cc(F)c(F)c(F)c2)c2c(O)[nH]c3cc(F)ccc23)cc1. The van der Waals surface area contributed by atoms with Crippen molar-refractivity contribution < 1.29 is 27.5 Å². The van der Waals surface area contributed by atoms with E-state index in [4.69, 9.17) is 0 Å². The van der Waals surface area contributed by atoms with Gasteiger partial charge >= 0.3 is 0 Å². The fourth-order valence-electron chi connectivity index (χ4n) is 4.20. The first-order valence-corrected chi connectivity index (χ1v) is 11.8. The van der Waals surface area contributed by atoms with Crippen molar-refractivity contribution in [2.24, 2.45) is 4.99 Å². The number of aromatic amines is 1. The third kappa shape index (κ3) is 5.70. The van der Waals surface area contributed by atoms with Gasteiger partial charge in [0.2, 0.25) is 5.91 Å². The molecule has 0 aliphatic carbocycles. The minimum atomic E-state index is -1.64. The maximum absolute atomic E-state index is 14.2. The number of rotatable bonds is 8. The molecule has 0 atom stereocenters. The van der Waals surface area contributed by atoms with Gasteiger partial charge < -0.3 is 19.9 Å². The number of hydrogen-bond donors (Lipinski definition) is 2. The van der Waals surface area contributed by atoms with E-state index in [0.717, 1.165) is 31.2 Å². The molecule has 0 bridgehead atoms. The molecule has 10 heteroatoms. The predicted molar refractivity (Wildman–Crippen MR) is 139 cm³/mol. The Hall–Kier alpha value is -4.18. The van der Waals surface area contributed by atoms with Gasteiger partial charge in [-0.15, -0.1) is 0 Å². The highest BCUT2D eigenvalue weighted by Gasteiger charge is 2.22. The average molecular weight is 527 g/mol. The quantitative estimate of drug-likeness (QED) is 0.171. The Kier molecular flexibility index (Phi) is 7.82. The molecule has 0 aliphatic rings. The highest BCUT2D eigenvalue weighted by molar-refractivity contribution is 6.21. The Morgan fingerprint density at radius 1 is 0.947 bits per heavy atom. The molecule has 3 aromatic carbocycles. The number of carbonyl (C=O) groups is 1. The minimum absolute atomic E-state index is 0.0588. The summed E-state index contributed by atoms with van der Waals surface area (Å²) in [6, 6.07) is 11.9. The first-order chi connectivity index (χ1) is 18.0. The predicted octanol–water partition coefficient (Wildman–Crippen LogP) is 5.90. The smallest absolute Gasteiger partial charge is 0.223 e. The van der Waals surface area contributed by atoms with Crippen LogP contribution in [0.4, 0.5) is 28.9 Å². The van der Waals surface area contributed by atoms with Crippen LogP contribution in [0.5, 0.6) is 5.88 Å². The first kappa shape index (κ1) is 26.9. The Morgan fingerprint density at radius 2 is 1.61 bits per heavy atom. The monoisotopic (exact) mass is 526 g/mol. The van der Waals surface area contributed by atoms with E-state index in [1.807, 2.05) is 19.0 Å². The maximum atomic E-state index is 14.2. The van der Waals surface area contributed by atoms with Crippen LogP contribution in [0.25, 0.3) is 10.9 Å². The van der Waals surface area contributed by atoms with Crippen LogP contribution in [0.2, 0.25) is 0 Å². The van der Waals surface area contributed by atoms with Crippen LogP contribution in [0, 0.1) is 23.3 Å². The van der Waals surface area contributed by atoms with Gasteiger partial charge in [0, 0.05) is 30.1 Å². The Balaban J connectivity index is 1.80. The molecule has 4 aromatic rings. The van der Waals surface area contributed by atoms with Gasteiger partial charge in [-0.3, -0.25) is 4.79 Å². The van der Waals surface area contributed by atoms with Gasteiger partial charge in [-0.2, -0.15) is 0 Å². The van der Waals surface area contributed by atoms with Crippen molar-refractivity contribution >= 4 is 33.9 Å². The molecule has 0 unspecified atom stereocenters. The molecule has 6 nitrogen and oxygen atoms in total. The molecule has 0 spiro atoms. The second-order valence-corrected chi connectivity index (χ2v) is 9.10. The third-order valence-corrected chi connectivity index (χ3v) is 6.00. The van der Waals surface area contributed by atoms with Gasteiger partial charge in [0.1, 0.15) is 5.82 Å². The fraction of sp³-hybridized carbons (Fsp3) is 0.214. The zero-order valence-electron chi connectivity index (χ0n) is 21.0. The molecule has 1 aromatic heterocycles. The van der Waals surface area contributed by atoms with Crippen LogP contribution in [-0.2, 0) is 4.79 Å². The van der Waals surface area contributed by atoms with Gasteiger partial charge in [-0.25, -0.2) is 22.6 Å². The van der Waals surface area contributed by atoms with Gasteiger partial charge in [-0.1, -0.05) is 0 Å². The highest BCUT2D eigenvalue weighted by Crippen LogP contribution is 2.33. The van der Waals surface area contributed by atoms with Crippen molar-refractivity contribution in [1.82, 2.24) is 9.88 Å². The molecule has 0 saturated carbocycles. The molecule has 0 fully saturated rings. The van der Waals surface area contributed by atoms with E-state index in [9.17, 15) is 27.5 Å². The molecule has 1 heterocycles. The van der Waals surface area contributed by atoms with Crippen LogP contribution in [0.3, 0.4) is 0 Å². The Morgan fingerprint density at radius 3 is 2.21 bits per heavy atom. The molecule has 2 N–H and O–H groups in total. The molecule has 0 radical (unpaired) electrons. The lowest BCUT2D eigenvalue weighted by molar-refractivity contribution is -0.116. The summed E-state index contributed by atoms with van der Waals surface area (Å²) in [5, 5.41) is 11.0. The number of fused-ring (bicyclic) bond motifs is 1. The first-order valence-electron chi connectivity index (χ1n) is 11.8. The number of H-pyrrole nitrogens is 1. The Labute approximate surface area is 216 Å². The molecule has 0 aliphatic heterocycles. The lowest BCUT2D eigenvalue weighted by Gasteiger charge is -2.22. The van der Waals surface area contributed by atoms with E-state index in [1.54, 1.807) is 29.2 Å². The number of nitrogens with one attached hydrogen (secondary N) is 1. The fourth-order valence-corrected chi connectivity index (χ4v) is 4.20. The van der Waals surface area contributed by atoms with Crippen molar-refractivity contribution in [2.45, 2.75) is 13.3 Å². The summed E-state index contributed by atoms with van der Waals surface area (Å²) in [6.45, 7) is 2.79. The summed E-state index contributed by atoms with van der Waals surface area (Å²) in [5.74, 6) is -5.59. The van der Waals surface area contributed by atoms with E-state index in [-0.39, 0.29) is 28.3 Å². The second-order valence-electron chi connectivity index (χ2n) is 9.10. The molecular formula is C28H26F4N4O2. The second kappa shape index (κ2) is 11.1. The molecule has 198 valence electrons. The number of aromatic nitrogens is 1. The standard InChI is InChI=1S/C28H26F4N4O2/c1-16(37)36(12-4-11-35(2)3)20-8-6-19(7-9-20)33-27(17-13-22(30)26(32)23(31)14-17)25-21-10-5-18(29)15-24(21)34-28(25)38/h5-10,13-15,34,38H,4,11-12H2,1-3H3. The van der Waals surface area contributed by atoms with E-state index in [2.05, 4.69) is 9.98 Å². The average Bonchev–Trinajstić information content (AvgIpc) is 3.18. The van der Waals surface area contributed by atoms with Gasteiger partial charge in [0.15, 0.2) is 23.3 Å². The molecule has 1 amide bonds. The van der Waals surface area contributed by atoms with E-state index in [0.29, 0.717) is 23.3 Å². The summed E-state index contributed by atoms with van der Waals surface area (Å²) < 4.78 is 55.9. The van der Waals surface area contributed by atoms with Gasteiger partial charge in [-0.05, 0) is 81.7 Å². The number of nitrogens with zero attached hydrogens (tertiary/aromatic N) is 3. The number of anilines is 1. The number of amides is 1. The zero-order chi connectivity index (χ0) is 27.6. The molecule has 0 saturated heterocycles. The summed E-state index contributed by atoms with van der Waals surface area (Å²) in [5.41, 5.74) is 1.06. The van der Waals surface area contributed by atoms with Crippen LogP contribution in [-0.4, -0.2) is 53.8 Å². The number of aromatic hydroxyl groups is 1. The van der Waals surface area contributed by atoms with Crippen molar-refractivity contribution in [2.75, 3.05) is 32.1 Å². The number of aliphatic imine (C=N–C) groups is 1. The van der Waals surface area contributed by atoms with Crippen molar-refractivity contribution in [3.63, 3.8) is 0 Å². The van der Waals surface area contributed by atoms with Crippen LogP contribution in [0.1, 0.15) is 24.5 Å². The lowest BCUT2D eigenvalue weighted by Crippen LogP contribution is -2.31. The van der Waals surface area contributed by atoms with Crippen molar-refractivity contribution in [3.05, 3.63) is 89.0 Å². The van der Waals surface area contributed by atoms with E-state index >= 15 is 0 Å². The van der Waals surface area contributed by atoms with E-state index in [1.165, 1.54) is 19.1 Å². The molecule has 4 rings (SSSR count). The number of halogens is 4. The largest absolute Gasteiger partial charge is 0.494 e. The number of hydrogen-bond acceptors (Lipinski definition) is 4. The van der Waals surface area contributed by atoms with Gasteiger partial charge in [0.05, 0.1) is 22.5 Å². The van der Waals surface area contributed by atoms with Crippen molar-refractivity contribution in [3.8, 4) is 5.88 Å². The van der Waals surface area contributed by atoms with Crippen LogP contribution < -0.4 is 4.90 Å². The highest BCUT2D eigenvalue weighted by atomic mass is 19.2. The number of carbonyl (C=O) groups excluding carboxylic acids is 1. The van der Waals surface area contributed by atoms with Crippen molar-refractivity contribution in [1.29, 1.82) is 0 Å². The topological polar surface area (TPSA) is 71.9 Å². The third-order valence-electron chi connectivity index (χ3n) is 6.00. The summed E-state index contributed by atoms with van der Waals surface area (Å²) >= 11 is 0. The van der Waals surface area contributed by atoms with E-state index < -0.39 is 29.1 Å².